The summed E-state index contributed by atoms with van der Waals surface area (Å²) in [7, 11) is 3.52. The van der Waals surface area contributed by atoms with E-state index in [9.17, 15) is 4.79 Å². The van der Waals surface area contributed by atoms with Crippen LogP contribution in [0.3, 0.4) is 0 Å². The summed E-state index contributed by atoms with van der Waals surface area (Å²) < 4.78 is 0. The summed E-state index contributed by atoms with van der Waals surface area (Å²) in [6.07, 6.45) is 1.13. The Balaban J connectivity index is 2.25. The van der Waals surface area contributed by atoms with Gasteiger partial charge in [0.25, 0.3) is 5.91 Å². The van der Waals surface area contributed by atoms with Crippen molar-refractivity contribution in [2.24, 2.45) is 0 Å². The number of nitrogens with two attached hydrogens (primary N) is 1. The third kappa shape index (κ3) is 2.90. The van der Waals surface area contributed by atoms with E-state index in [0.717, 1.165) is 17.9 Å². The number of thioether (sulfide) groups is 1. The maximum Gasteiger partial charge on any atom is 0.255 e. The average molecular weight is 265 g/mol. The topological polar surface area (TPSA) is 58.4 Å². The van der Waals surface area contributed by atoms with Crippen LogP contribution in [0.25, 0.3) is 0 Å². The fraction of sp³-hybridized carbons (Fsp3) is 0.462. The minimum Gasteiger partial charge on any atom is -0.399 e. The third-order valence-corrected chi connectivity index (χ3v) is 4.13. The molecule has 1 unspecified atom stereocenters. The van der Waals surface area contributed by atoms with Gasteiger partial charge in [-0.15, -0.1) is 0 Å². The molecular weight excluding hydrogens is 246 g/mol. The third-order valence-electron chi connectivity index (χ3n) is 2.97. The monoisotopic (exact) mass is 265 g/mol. The van der Waals surface area contributed by atoms with Crippen LogP contribution in [0.2, 0.25) is 0 Å². The van der Waals surface area contributed by atoms with Gasteiger partial charge in [-0.25, -0.2) is 0 Å². The van der Waals surface area contributed by atoms with Crippen molar-refractivity contribution in [2.75, 3.05) is 36.7 Å². The van der Waals surface area contributed by atoms with Gasteiger partial charge in [0.15, 0.2) is 0 Å². The zero-order valence-corrected chi connectivity index (χ0v) is 11.6. The molecule has 18 heavy (non-hydrogen) atoms. The van der Waals surface area contributed by atoms with Crippen molar-refractivity contribution in [3.8, 4) is 0 Å². The van der Waals surface area contributed by atoms with E-state index in [0.29, 0.717) is 17.3 Å². The number of anilines is 2. The second kappa shape index (κ2) is 5.52. The predicted molar refractivity (Wildman–Crippen MR) is 78.2 cm³/mol. The smallest absolute Gasteiger partial charge is 0.255 e. The van der Waals surface area contributed by atoms with Gasteiger partial charge in [0.1, 0.15) is 0 Å². The Morgan fingerprint density at radius 3 is 2.89 bits per heavy atom. The SMILES string of the molecule is CN(C)C(=O)c1ccc(N)cc1NC1CCSC1. The highest BCUT2D eigenvalue weighted by atomic mass is 32.2. The van der Waals surface area contributed by atoms with Gasteiger partial charge in [-0.05, 0) is 30.4 Å². The molecule has 98 valence electrons. The summed E-state index contributed by atoms with van der Waals surface area (Å²) in [6, 6.07) is 5.85. The summed E-state index contributed by atoms with van der Waals surface area (Å²) in [5, 5.41) is 3.44. The number of hydrogen-bond donors (Lipinski definition) is 2. The van der Waals surface area contributed by atoms with Gasteiger partial charge in [0.05, 0.1) is 5.56 Å². The highest BCUT2D eigenvalue weighted by Gasteiger charge is 2.19. The van der Waals surface area contributed by atoms with Gasteiger partial charge < -0.3 is 16.0 Å². The van der Waals surface area contributed by atoms with Crippen LogP contribution >= 0.6 is 11.8 Å². The van der Waals surface area contributed by atoms with Gasteiger partial charge >= 0.3 is 0 Å². The molecule has 1 atom stereocenters. The van der Waals surface area contributed by atoms with Gasteiger partial charge in [0, 0.05) is 37.3 Å². The van der Waals surface area contributed by atoms with Crippen LogP contribution in [0, 0.1) is 0 Å². The number of nitrogens with one attached hydrogen (secondary N) is 1. The van der Waals surface area contributed by atoms with E-state index >= 15 is 0 Å². The van der Waals surface area contributed by atoms with Crippen LogP contribution in [-0.2, 0) is 0 Å². The molecule has 0 saturated carbocycles. The Kier molecular flexibility index (Phi) is 4.01. The first-order valence-corrected chi connectivity index (χ1v) is 7.19. The molecular formula is C13H19N3OS. The Labute approximate surface area is 112 Å². The standard InChI is InChI=1S/C13H19N3OS/c1-16(2)13(17)11-4-3-9(14)7-12(11)15-10-5-6-18-8-10/h3-4,7,10,15H,5-6,8,14H2,1-2H3. The van der Waals surface area contributed by atoms with E-state index in [1.165, 1.54) is 5.75 Å². The number of hydrogen-bond acceptors (Lipinski definition) is 4. The molecule has 0 bridgehead atoms. The highest BCUT2D eigenvalue weighted by molar-refractivity contribution is 7.99. The first-order valence-electron chi connectivity index (χ1n) is 6.03. The maximum atomic E-state index is 12.1. The fourth-order valence-corrected chi connectivity index (χ4v) is 3.13. The lowest BCUT2D eigenvalue weighted by Gasteiger charge is -2.19. The summed E-state index contributed by atoms with van der Waals surface area (Å²) >= 11 is 1.94. The first kappa shape index (κ1) is 13.1. The van der Waals surface area contributed by atoms with Gasteiger partial charge in [-0.1, -0.05) is 0 Å². The van der Waals surface area contributed by atoms with Crippen molar-refractivity contribution >= 4 is 29.0 Å². The molecule has 1 aromatic carbocycles. The number of carbonyl (C=O) groups is 1. The van der Waals surface area contributed by atoms with E-state index in [2.05, 4.69) is 5.32 Å². The van der Waals surface area contributed by atoms with E-state index in [4.69, 9.17) is 5.73 Å². The molecule has 3 N–H and O–H groups in total. The fourth-order valence-electron chi connectivity index (χ4n) is 1.98. The Hall–Kier alpha value is -1.36. The molecule has 2 rings (SSSR count). The number of rotatable bonds is 3. The molecule has 0 aromatic heterocycles. The molecule has 1 heterocycles. The minimum absolute atomic E-state index is 0.00292. The van der Waals surface area contributed by atoms with Crippen molar-refractivity contribution < 1.29 is 4.79 Å². The van der Waals surface area contributed by atoms with Crippen LogP contribution < -0.4 is 11.1 Å². The molecule has 1 fully saturated rings. The zero-order chi connectivity index (χ0) is 13.1. The number of nitrogen functional groups attached to an aromatic ring is 1. The lowest BCUT2D eigenvalue weighted by atomic mass is 10.1. The van der Waals surface area contributed by atoms with Gasteiger partial charge in [0.2, 0.25) is 0 Å². The molecule has 1 saturated heterocycles. The molecule has 1 aliphatic rings. The molecule has 1 aliphatic heterocycles. The zero-order valence-electron chi connectivity index (χ0n) is 10.8. The summed E-state index contributed by atoms with van der Waals surface area (Å²) in [5.41, 5.74) is 8.02. The molecule has 0 aliphatic carbocycles. The Bertz CT molecular complexity index is 442. The number of benzene rings is 1. The summed E-state index contributed by atoms with van der Waals surface area (Å²) in [6.45, 7) is 0. The van der Waals surface area contributed by atoms with Gasteiger partial charge in [-0.2, -0.15) is 11.8 Å². The van der Waals surface area contributed by atoms with E-state index in [1.807, 2.05) is 17.8 Å². The highest BCUT2D eigenvalue weighted by Crippen LogP contribution is 2.25. The number of carbonyl (C=O) groups excluding carboxylic acids is 1. The average Bonchev–Trinajstić information content (AvgIpc) is 2.81. The largest absolute Gasteiger partial charge is 0.399 e. The molecule has 5 heteroatoms. The summed E-state index contributed by atoms with van der Waals surface area (Å²) in [5.74, 6) is 2.27. The van der Waals surface area contributed by atoms with Crippen molar-refractivity contribution in [1.29, 1.82) is 0 Å². The van der Waals surface area contributed by atoms with Crippen LogP contribution in [0.15, 0.2) is 18.2 Å². The predicted octanol–water partition coefficient (Wildman–Crippen LogP) is 1.89. The van der Waals surface area contributed by atoms with Crippen molar-refractivity contribution in [1.82, 2.24) is 4.90 Å². The second-order valence-electron chi connectivity index (χ2n) is 4.71. The molecule has 1 amide bonds. The number of amides is 1. The second-order valence-corrected chi connectivity index (χ2v) is 5.86. The van der Waals surface area contributed by atoms with Crippen molar-refractivity contribution in [2.45, 2.75) is 12.5 Å². The maximum absolute atomic E-state index is 12.1. The first-order chi connectivity index (χ1) is 8.58. The number of nitrogens with zero attached hydrogens (tertiary/aromatic N) is 1. The quantitative estimate of drug-likeness (QED) is 0.819. The van der Waals surface area contributed by atoms with Crippen molar-refractivity contribution in [3.05, 3.63) is 23.8 Å². The van der Waals surface area contributed by atoms with E-state index in [-0.39, 0.29) is 5.91 Å². The lowest BCUT2D eigenvalue weighted by Crippen LogP contribution is -2.25. The molecule has 0 radical (unpaired) electrons. The van der Waals surface area contributed by atoms with Crippen molar-refractivity contribution in [3.63, 3.8) is 0 Å². The van der Waals surface area contributed by atoms with Crippen LogP contribution in [0.4, 0.5) is 11.4 Å². The Morgan fingerprint density at radius 2 is 2.28 bits per heavy atom. The van der Waals surface area contributed by atoms with E-state index < -0.39 is 0 Å². The Morgan fingerprint density at radius 1 is 1.50 bits per heavy atom. The van der Waals surface area contributed by atoms with Crippen LogP contribution in [0.5, 0.6) is 0 Å². The molecule has 1 aromatic rings. The summed E-state index contributed by atoms with van der Waals surface area (Å²) in [4.78, 5) is 13.7. The van der Waals surface area contributed by atoms with Crippen LogP contribution in [0.1, 0.15) is 16.8 Å². The van der Waals surface area contributed by atoms with Crippen LogP contribution in [-0.4, -0.2) is 42.4 Å². The van der Waals surface area contributed by atoms with Gasteiger partial charge in [-0.3, -0.25) is 4.79 Å². The molecule has 4 nitrogen and oxygen atoms in total. The lowest BCUT2D eigenvalue weighted by molar-refractivity contribution is 0.0828. The normalized spacial score (nSPS) is 18.7. The minimum atomic E-state index is 0.00292. The molecule has 0 spiro atoms. The van der Waals surface area contributed by atoms with E-state index in [1.54, 1.807) is 31.1 Å².